The fourth-order valence-electron chi connectivity index (χ4n) is 0.765. The Bertz CT molecular complexity index is 143. The maximum Gasteiger partial charge on any atom is 0.206 e. The van der Waals surface area contributed by atoms with E-state index in [1.165, 1.54) is 0 Å². The van der Waals surface area contributed by atoms with Gasteiger partial charge in [-0.15, -0.1) is 17.0 Å². The van der Waals surface area contributed by atoms with Crippen LogP contribution in [0.1, 0.15) is 13.8 Å². The van der Waals surface area contributed by atoms with E-state index < -0.39 is 0 Å². The van der Waals surface area contributed by atoms with Crippen LogP contribution in [-0.4, -0.2) is 18.0 Å². The smallest absolute Gasteiger partial charge is 0.206 e. The van der Waals surface area contributed by atoms with E-state index in [9.17, 15) is 0 Å². The Labute approximate surface area is 71.0 Å². The molecule has 0 aliphatic carbocycles. The summed E-state index contributed by atoms with van der Waals surface area (Å²) in [5.41, 5.74) is 2.46. The summed E-state index contributed by atoms with van der Waals surface area (Å²) in [6.45, 7) is 4.95. The van der Waals surface area contributed by atoms with E-state index in [0.29, 0.717) is 5.96 Å². The van der Waals surface area contributed by atoms with Crippen molar-refractivity contribution in [3.8, 4) is 0 Å². The van der Waals surface area contributed by atoms with Crippen LogP contribution in [0.25, 0.3) is 0 Å². The Hall–Kier alpha value is -0.290. The largest absolute Gasteiger partial charge is 0.353 e. The predicted molar refractivity (Wildman–Crippen MR) is 47.2 cm³/mol. The number of nitrogens with zero attached hydrogens (tertiary/aromatic N) is 1. The quantitative estimate of drug-likeness (QED) is 0.381. The van der Waals surface area contributed by atoms with Gasteiger partial charge in [0.25, 0.3) is 0 Å². The molecule has 0 aromatic rings. The standard InChI is InChI=1S/C5H12N4.BrH/c1-5(2)3-7-4(8-5)9-6;/h3,6H2,1-2H3,(H2,7,8,9);1H. The number of hydrogen-bond donors (Lipinski definition) is 3. The maximum atomic E-state index is 5.11. The third-order valence-corrected chi connectivity index (χ3v) is 1.24. The topological polar surface area (TPSA) is 62.4 Å². The number of aliphatic imine (C=N–C) groups is 1. The molecule has 1 aliphatic heterocycles. The first-order valence-electron chi connectivity index (χ1n) is 2.94. The molecule has 10 heavy (non-hydrogen) atoms. The van der Waals surface area contributed by atoms with Crippen LogP contribution >= 0.6 is 17.0 Å². The summed E-state index contributed by atoms with van der Waals surface area (Å²) in [6, 6.07) is 0. The molecule has 5 heteroatoms. The van der Waals surface area contributed by atoms with Gasteiger partial charge in [0, 0.05) is 6.54 Å². The van der Waals surface area contributed by atoms with Crippen LogP contribution in [0, 0.1) is 0 Å². The lowest BCUT2D eigenvalue weighted by Gasteiger charge is -2.09. The van der Waals surface area contributed by atoms with Crippen molar-refractivity contribution in [3.05, 3.63) is 0 Å². The zero-order valence-electron chi connectivity index (χ0n) is 6.14. The van der Waals surface area contributed by atoms with E-state index in [1.54, 1.807) is 0 Å². The van der Waals surface area contributed by atoms with Gasteiger partial charge in [0.15, 0.2) is 0 Å². The first-order chi connectivity index (χ1) is 4.14. The van der Waals surface area contributed by atoms with Crippen LogP contribution in [0.15, 0.2) is 4.99 Å². The molecule has 0 radical (unpaired) electrons. The number of halogens is 1. The van der Waals surface area contributed by atoms with Crippen LogP contribution < -0.4 is 16.6 Å². The second-order valence-electron chi connectivity index (χ2n) is 2.77. The summed E-state index contributed by atoms with van der Waals surface area (Å²) < 4.78 is 0. The average molecular weight is 209 g/mol. The minimum absolute atomic E-state index is 0. The second kappa shape index (κ2) is 3.21. The third kappa shape index (κ3) is 2.15. The van der Waals surface area contributed by atoms with E-state index in [0.717, 1.165) is 6.54 Å². The molecule has 4 nitrogen and oxygen atoms in total. The SMILES string of the molecule is Br.CC1(C)CNC(NN)=N1. The Balaban J connectivity index is 0.000000810. The molecule has 60 valence electrons. The van der Waals surface area contributed by atoms with Gasteiger partial charge in [0.2, 0.25) is 5.96 Å². The molecule has 0 aromatic heterocycles. The Morgan fingerprint density at radius 2 is 2.30 bits per heavy atom. The molecule has 1 heterocycles. The molecule has 0 spiro atoms. The highest BCUT2D eigenvalue weighted by Crippen LogP contribution is 2.10. The normalized spacial score (nSPS) is 20.5. The number of hydrazine groups is 1. The molecule has 0 aromatic carbocycles. The number of guanidine groups is 1. The highest BCUT2D eigenvalue weighted by molar-refractivity contribution is 8.93. The van der Waals surface area contributed by atoms with Crippen molar-refractivity contribution in [1.82, 2.24) is 10.7 Å². The lowest BCUT2D eigenvalue weighted by molar-refractivity contribution is 0.549. The summed E-state index contributed by atoms with van der Waals surface area (Å²) in [6.07, 6.45) is 0. The Morgan fingerprint density at radius 1 is 1.70 bits per heavy atom. The van der Waals surface area contributed by atoms with Gasteiger partial charge in [-0.1, -0.05) is 0 Å². The van der Waals surface area contributed by atoms with E-state index in [4.69, 9.17) is 5.84 Å². The van der Waals surface area contributed by atoms with E-state index in [-0.39, 0.29) is 22.5 Å². The molecule has 0 atom stereocenters. The van der Waals surface area contributed by atoms with Crippen molar-refractivity contribution < 1.29 is 0 Å². The zero-order chi connectivity index (χ0) is 6.91. The number of hydrogen-bond acceptors (Lipinski definition) is 4. The molecule has 1 rings (SSSR count). The van der Waals surface area contributed by atoms with Crippen molar-refractivity contribution >= 4 is 22.9 Å². The van der Waals surface area contributed by atoms with Crippen LogP contribution in [0.2, 0.25) is 0 Å². The van der Waals surface area contributed by atoms with Gasteiger partial charge in [-0.25, -0.2) is 10.8 Å². The fraction of sp³-hybridized carbons (Fsp3) is 0.800. The fourth-order valence-corrected chi connectivity index (χ4v) is 0.765. The minimum atomic E-state index is 0. The highest BCUT2D eigenvalue weighted by Gasteiger charge is 2.22. The van der Waals surface area contributed by atoms with Crippen molar-refractivity contribution in [2.45, 2.75) is 19.4 Å². The van der Waals surface area contributed by atoms with Gasteiger partial charge in [-0.05, 0) is 13.8 Å². The summed E-state index contributed by atoms with van der Waals surface area (Å²) in [7, 11) is 0. The summed E-state index contributed by atoms with van der Waals surface area (Å²) in [5, 5.41) is 3.01. The van der Waals surface area contributed by atoms with Crippen molar-refractivity contribution in [3.63, 3.8) is 0 Å². The van der Waals surface area contributed by atoms with Crippen LogP contribution in [-0.2, 0) is 0 Å². The van der Waals surface area contributed by atoms with Crippen molar-refractivity contribution in [2.24, 2.45) is 10.8 Å². The van der Waals surface area contributed by atoms with Crippen LogP contribution in [0.3, 0.4) is 0 Å². The molecule has 4 N–H and O–H groups in total. The molecule has 1 aliphatic rings. The maximum absolute atomic E-state index is 5.11. The van der Waals surface area contributed by atoms with Gasteiger partial charge in [-0.2, -0.15) is 0 Å². The molecule has 0 fully saturated rings. The van der Waals surface area contributed by atoms with Gasteiger partial charge >= 0.3 is 0 Å². The number of rotatable bonds is 0. The average Bonchev–Trinajstić information content (AvgIpc) is 2.10. The van der Waals surface area contributed by atoms with Crippen LogP contribution in [0.4, 0.5) is 0 Å². The summed E-state index contributed by atoms with van der Waals surface area (Å²) in [4.78, 5) is 4.21. The predicted octanol–water partition coefficient (Wildman–Crippen LogP) is -0.235. The van der Waals surface area contributed by atoms with E-state index in [2.05, 4.69) is 15.7 Å². The lowest BCUT2D eigenvalue weighted by Crippen LogP contribution is -2.38. The Kier molecular flexibility index (Phi) is 3.11. The zero-order valence-corrected chi connectivity index (χ0v) is 7.85. The molecule has 0 unspecified atom stereocenters. The molecule has 0 amide bonds. The van der Waals surface area contributed by atoms with E-state index in [1.807, 2.05) is 13.8 Å². The summed E-state index contributed by atoms with van der Waals surface area (Å²) in [5.74, 6) is 5.79. The van der Waals surface area contributed by atoms with Gasteiger partial charge in [-0.3, -0.25) is 5.43 Å². The Morgan fingerprint density at radius 3 is 2.50 bits per heavy atom. The molecule has 0 bridgehead atoms. The third-order valence-electron chi connectivity index (χ3n) is 1.24. The summed E-state index contributed by atoms with van der Waals surface area (Å²) >= 11 is 0. The van der Waals surface area contributed by atoms with Gasteiger partial charge in [0.05, 0.1) is 5.54 Å². The number of nitrogens with two attached hydrogens (primary N) is 1. The minimum Gasteiger partial charge on any atom is -0.353 e. The first kappa shape index (κ1) is 9.71. The van der Waals surface area contributed by atoms with E-state index >= 15 is 0 Å². The lowest BCUT2D eigenvalue weighted by atomic mass is 10.1. The molecule has 0 saturated carbocycles. The van der Waals surface area contributed by atoms with Gasteiger partial charge < -0.3 is 5.32 Å². The number of nitrogens with one attached hydrogen (secondary N) is 2. The molecular formula is C5H13BrN4. The molecule has 0 saturated heterocycles. The van der Waals surface area contributed by atoms with Crippen molar-refractivity contribution in [1.29, 1.82) is 0 Å². The molecular weight excluding hydrogens is 196 g/mol. The second-order valence-corrected chi connectivity index (χ2v) is 2.77. The van der Waals surface area contributed by atoms with Crippen molar-refractivity contribution in [2.75, 3.05) is 6.54 Å². The van der Waals surface area contributed by atoms with Gasteiger partial charge in [0.1, 0.15) is 0 Å². The van der Waals surface area contributed by atoms with Crippen LogP contribution in [0.5, 0.6) is 0 Å². The highest BCUT2D eigenvalue weighted by atomic mass is 79.9. The monoisotopic (exact) mass is 208 g/mol. The first-order valence-corrected chi connectivity index (χ1v) is 2.94.